The Balaban J connectivity index is 2.68. The van der Waals surface area contributed by atoms with Crippen LogP contribution in [-0.2, 0) is 4.79 Å². The molecule has 1 rings (SSSR count). The maximum atomic E-state index is 12.1. The highest BCUT2D eigenvalue weighted by Crippen LogP contribution is 2.25. The van der Waals surface area contributed by atoms with E-state index in [0.717, 1.165) is 17.7 Å². The Kier molecular flexibility index (Phi) is 4.91. The number of amides is 1. The van der Waals surface area contributed by atoms with Crippen molar-refractivity contribution in [3.05, 3.63) is 29.8 Å². The standard InChI is InChI=1S/C15H24N2O/c1-11-6-5-7-13(8-11)17-14(18)12(10-16)9-15(2,3)4/h5-8,12H,9-10,16H2,1-4H3,(H,17,18). The minimum atomic E-state index is -0.134. The fourth-order valence-corrected chi connectivity index (χ4v) is 1.99. The zero-order valence-electron chi connectivity index (χ0n) is 11.8. The zero-order chi connectivity index (χ0) is 13.8. The summed E-state index contributed by atoms with van der Waals surface area (Å²) >= 11 is 0. The van der Waals surface area contributed by atoms with E-state index in [0.29, 0.717) is 6.54 Å². The summed E-state index contributed by atoms with van der Waals surface area (Å²) in [6.07, 6.45) is 0.793. The van der Waals surface area contributed by atoms with Crippen molar-refractivity contribution in [3.63, 3.8) is 0 Å². The van der Waals surface area contributed by atoms with Crippen LogP contribution in [0, 0.1) is 18.3 Å². The molecule has 1 atom stereocenters. The van der Waals surface area contributed by atoms with Crippen LogP contribution in [-0.4, -0.2) is 12.5 Å². The predicted molar refractivity (Wildman–Crippen MR) is 76.4 cm³/mol. The first-order chi connectivity index (χ1) is 8.31. The SMILES string of the molecule is Cc1cccc(NC(=O)C(CN)CC(C)(C)C)c1. The molecule has 0 spiro atoms. The van der Waals surface area contributed by atoms with Crippen LogP contribution in [0.2, 0.25) is 0 Å². The Hall–Kier alpha value is -1.35. The van der Waals surface area contributed by atoms with Crippen LogP contribution in [0.3, 0.4) is 0 Å². The molecule has 1 amide bonds. The Labute approximate surface area is 110 Å². The molecule has 0 bridgehead atoms. The number of nitrogens with two attached hydrogens (primary N) is 1. The fraction of sp³-hybridized carbons (Fsp3) is 0.533. The third-order valence-electron chi connectivity index (χ3n) is 2.80. The summed E-state index contributed by atoms with van der Waals surface area (Å²) in [5.74, 6) is -0.122. The molecule has 0 aliphatic rings. The molecule has 100 valence electrons. The van der Waals surface area contributed by atoms with Crippen molar-refractivity contribution in [1.82, 2.24) is 0 Å². The van der Waals surface area contributed by atoms with Crippen LogP contribution in [0.5, 0.6) is 0 Å². The summed E-state index contributed by atoms with van der Waals surface area (Å²) in [5, 5.41) is 2.94. The summed E-state index contributed by atoms with van der Waals surface area (Å²) in [7, 11) is 0. The number of carbonyl (C=O) groups is 1. The van der Waals surface area contributed by atoms with E-state index in [2.05, 4.69) is 26.1 Å². The van der Waals surface area contributed by atoms with Crippen LogP contribution in [0.15, 0.2) is 24.3 Å². The second kappa shape index (κ2) is 6.01. The molecule has 0 fully saturated rings. The minimum Gasteiger partial charge on any atom is -0.330 e. The molecule has 0 radical (unpaired) electrons. The first-order valence-electron chi connectivity index (χ1n) is 6.39. The average Bonchev–Trinajstić information content (AvgIpc) is 2.24. The van der Waals surface area contributed by atoms with Gasteiger partial charge in [-0.1, -0.05) is 32.9 Å². The Bertz CT molecular complexity index is 407. The number of benzene rings is 1. The number of hydrogen-bond acceptors (Lipinski definition) is 2. The van der Waals surface area contributed by atoms with Crippen LogP contribution in [0.1, 0.15) is 32.8 Å². The van der Waals surface area contributed by atoms with Crippen molar-refractivity contribution >= 4 is 11.6 Å². The number of aryl methyl sites for hydroxylation is 1. The highest BCUT2D eigenvalue weighted by molar-refractivity contribution is 5.92. The lowest BCUT2D eigenvalue weighted by Crippen LogP contribution is -2.32. The quantitative estimate of drug-likeness (QED) is 0.860. The highest BCUT2D eigenvalue weighted by Gasteiger charge is 2.23. The van der Waals surface area contributed by atoms with Gasteiger partial charge in [0.05, 0.1) is 5.92 Å². The third-order valence-corrected chi connectivity index (χ3v) is 2.80. The molecule has 0 aliphatic carbocycles. The molecule has 1 aromatic carbocycles. The van der Waals surface area contributed by atoms with Gasteiger partial charge in [-0.15, -0.1) is 0 Å². The number of nitrogens with one attached hydrogen (secondary N) is 1. The highest BCUT2D eigenvalue weighted by atomic mass is 16.1. The molecule has 1 aromatic rings. The molecule has 0 aromatic heterocycles. The summed E-state index contributed by atoms with van der Waals surface area (Å²) in [6, 6.07) is 7.80. The van der Waals surface area contributed by atoms with E-state index >= 15 is 0 Å². The van der Waals surface area contributed by atoms with Gasteiger partial charge in [0.2, 0.25) is 5.91 Å². The van der Waals surface area contributed by atoms with Crippen LogP contribution < -0.4 is 11.1 Å². The third kappa shape index (κ3) is 4.88. The van der Waals surface area contributed by atoms with Gasteiger partial charge >= 0.3 is 0 Å². The number of rotatable bonds is 4. The van der Waals surface area contributed by atoms with Crippen molar-refractivity contribution in [3.8, 4) is 0 Å². The molecule has 3 heteroatoms. The van der Waals surface area contributed by atoms with Gasteiger partial charge in [-0.3, -0.25) is 4.79 Å². The van der Waals surface area contributed by atoms with Crippen LogP contribution in [0.25, 0.3) is 0 Å². The van der Waals surface area contributed by atoms with Gasteiger partial charge in [-0.25, -0.2) is 0 Å². The van der Waals surface area contributed by atoms with Gasteiger partial charge in [0.25, 0.3) is 0 Å². The van der Waals surface area contributed by atoms with Crippen molar-refractivity contribution < 1.29 is 4.79 Å². The summed E-state index contributed by atoms with van der Waals surface area (Å²) in [4.78, 5) is 12.1. The average molecular weight is 248 g/mol. The lowest BCUT2D eigenvalue weighted by Gasteiger charge is -2.24. The zero-order valence-corrected chi connectivity index (χ0v) is 11.8. The lowest BCUT2D eigenvalue weighted by atomic mass is 9.84. The number of carbonyl (C=O) groups excluding carboxylic acids is 1. The van der Waals surface area contributed by atoms with Gasteiger partial charge in [-0.2, -0.15) is 0 Å². The number of anilines is 1. The van der Waals surface area contributed by atoms with Crippen LogP contribution in [0.4, 0.5) is 5.69 Å². The normalized spacial score (nSPS) is 13.2. The molecule has 3 N–H and O–H groups in total. The smallest absolute Gasteiger partial charge is 0.228 e. The molecule has 0 aliphatic heterocycles. The van der Waals surface area contributed by atoms with E-state index < -0.39 is 0 Å². The molecule has 0 saturated heterocycles. The lowest BCUT2D eigenvalue weighted by molar-refractivity contribution is -0.120. The molecule has 3 nitrogen and oxygen atoms in total. The maximum absolute atomic E-state index is 12.1. The molecule has 0 saturated carbocycles. The van der Waals surface area contributed by atoms with Crippen molar-refractivity contribution in [2.75, 3.05) is 11.9 Å². The summed E-state index contributed by atoms with van der Waals surface area (Å²) in [5.41, 5.74) is 7.78. The first-order valence-corrected chi connectivity index (χ1v) is 6.39. The molecular formula is C15H24N2O. The van der Waals surface area contributed by atoms with Gasteiger partial charge in [0.15, 0.2) is 0 Å². The van der Waals surface area contributed by atoms with Crippen molar-refractivity contribution in [2.24, 2.45) is 17.1 Å². The van der Waals surface area contributed by atoms with Gasteiger partial charge in [0, 0.05) is 12.2 Å². The molecular weight excluding hydrogens is 224 g/mol. The second-order valence-corrected chi connectivity index (χ2v) is 6.06. The first kappa shape index (κ1) is 14.7. The summed E-state index contributed by atoms with van der Waals surface area (Å²) < 4.78 is 0. The fourth-order valence-electron chi connectivity index (χ4n) is 1.99. The summed E-state index contributed by atoms with van der Waals surface area (Å²) in [6.45, 7) is 8.75. The number of hydrogen-bond donors (Lipinski definition) is 2. The van der Waals surface area contributed by atoms with Gasteiger partial charge < -0.3 is 11.1 Å². The topological polar surface area (TPSA) is 55.1 Å². The molecule has 18 heavy (non-hydrogen) atoms. The van der Waals surface area contributed by atoms with E-state index in [1.54, 1.807) is 0 Å². The van der Waals surface area contributed by atoms with Gasteiger partial charge in [0.1, 0.15) is 0 Å². The van der Waals surface area contributed by atoms with Crippen LogP contribution >= 0.6 is 0 Å². The predicted octanol–water partition coefficient (Wildman–Crippen LogP) is 2.94. The van der Waals surface area contributed by atoms with Gasteiger partial charge in [-0.05, 0) is 36.5 Å². The van der Waals surface area contributed by atoms with Crippen molar-refractivity contribution in [1.29, 1.82) is 0 Å². The molecule has 0 heterocycles. The second-order valence-electron chi connectivity index (χ2n) is 6.06. The minimum absolute atomic E-state index is 0.0121. The van der Waals surface area contributed by atoms with E-state index in [4.69, 9.17) is 5.73 Å². The Morgan fingerprint density at radius 3 is 2.56 bits per heavy atom. The van der Waals surface area contributed by atoms with Crippen molar-refractivity contribution in [2.45, 2.75) is 34.1 Å². The van der Waals surface area contributed by atoms with E-state index in [-0.39, 0.29) is 17.2 Å². The monoisotopic (exact) mass is 248 g/mol. The molecule has 1 unspecified atom stereocenters. The van der Waals surface area contributed by atoms with E-state index in [1.165, 1.54) is 0 Å². The Morgan fingerprint density at radius 2 is 2.06 bits per heavy atom. The van der Waals surface area contributed by atoms with E-state index in [1.807, 2.05) is 31.2 Å². The maximum Gasteiger partial charge on any atom is 0.228 e. The van der Waals surface area contributed by atoms with E-state index in [9.17, 15) is 4.79 Å². The largest absolute Gasteiger partial charge is 0.330 e. The Morgan fingerprint density at radius 1 is 1.39 bits per heavy atom.